The quantitative estimate of drug-likeness (QED) is 0.156. The molecule has 6 heteroatoms. The van der Waals surface area contributed by atoms with Crippen LogP contribution in [0.4, 0.5) is 0 Å². The maximum Gasteiger partial charge on any atom is 0.488 e. The maximum atomic E-state index is 10.0. The highest BCUT2D eigenvalue weighted by molar-refractivity contribution is 7.15. The normalized spacial score (nSPS) is 12.4. The molecule has 4 aromatic carbocycles. The van der Waals surface area contributed by atoms with E-state index in [1.807, 2.05) is 35.6 Å². The molecule has 42 heavy (non-hydrogen) atoms. The number of para-hydroxylation sites is 1. The van der Waals surface area contributed by atoms with Crippen LogP contribution in [0, 0.1) is 0 Å². The van der Waals surface area contributed by atoms with E-state index in [1.54, 1.807) is 6.07 Å². The molecule has 212 valence electrons. The Kier molecular flexibility index (Phi) is 8.59. The van der Waals surface area contributed by atoms with E-state index < -0.39 is 7.12 Å². The molecule has 1 atom stereocenters. The zero-order chi connectivity index (χ0) is 29.1. The van der Waals surface area contributed by atoms with Crippen molar-refractivity contribution in [3.8, 4) is 10.4 Å². The molecule has 0 amide bonds. The molecule has 0 aliphatic carbocycles. The molecular formula is C36H37BN2O2S. The summed E-state index contributed by atoms with van der Waals surface area (Å²) in [7, 11) is -1.49. The van der Waals surface area contributed by atoms with Gasteiger partial charge in [0, 0.05) is 57.2 Å². The molecule has 0 aliphatic heterocycles. The molecule has 2 aromatic heterocycles. The van der Waals surface area contributed by atoms with Crippen molar-refractivity contribution in [1.82, 2.24) is 9.47 Å². The van der Waals surface area contributed by atoms with Gasteiger partial charge in [-0.1, -0.05) is 92.2 Å². The van der Waals surface area contributed by atoms with Crippen LogP contribution in [0.15, 0.2) is 109 Å². The Morgan fingerprint density at radius 2 is 1.52 bits per heavy atom. The molecule has 2 heterocycles. The summed E-state index contributed by atoms with van der Waals surface area (Å²) in [5, 5.41) is 22.7. The Morgan fingerprint density at radius 3 is 2.33 bits per heavy atom. The van der Waals surface area contributed by atoms with Gasteiger partial charge in [0.15, 0.2) is 0 Å². The van der Waals surface area contributed by atoms with E-state index in [2.05, 4.69) is 102 Å². The monoisotopic (exact) mass is 572 g/mol. The number of fused-ring (bicyclic) bond motifs is 3. The van der Waals surface area contributed by atoms with Crippen LogP contribution in [0.5, 0.6) is 0 Å². The molecule has 0 aliphatic rings. The second kappa shape index (κ2) is 12.7. The van der Waals surface area contributed by atoms with Crippen molar-refractivity contribution in [2.24, 2.45) is 0 Å². The van der Waals surface area contributed by atoms with Crippen molar-refractivity contribution in [3.05, 3.63) is 125 Å². The Labute approximate surface area is 252 Å². The molecule has 4 nitrogen and oxygen atoms in total. The van der Waals surface area contributed by atoms with E-state index in [9.17, 15) is 10.0 Å². The van der Waals surface area contributed by atoms with Gasteiger partial charge < -0.3 is 14.6 Å². The second-order valence-electron chi connectivity index (χ2n) is 11.1. The smallest absolute Gasteiger partial charge is 0.423 e. The molecule has 0 spiro atoms. The van der Waals surface area contributed by atoms with Crippen LogP contribution >= 0.6 is 11.3 Å². The number of aryl methyl sites for hydroxylation is 1. The summed E-state index contributed by atoms with van der Waals surface area (Å²) in [4.78, 5) is 4.95. The lowest BCUT2D eigenvalue weighted by Crippen LogP contribution is -2.36. The van der Waals surface area contributed by atoms with Crippen LogP contribution in [-0.2, 0) is 19.6 Å². The number of hydrogen-bond donors (Lipinski definition) is 2. The molecule has 2 N–H and O–H groups in total. The van der Waals surface area contributed by atoms with Crippen LogP contribution in [0.3, 0.4) is 0 Å². The Morgan fingerprint density at radius 1 is 0.786 bits per heavy atom. The summed E-state index contributed by atoms with van der Waals surface area (Å²) in [5.74, 6) is 0. The third-order valence-electron chi connectivity index (χ3n) is 8.35. The predicted molar refractivity (Wildman–Crippen MR) is 178 cm³/mol. The molecule has 0 fully saturated rings. The first-order chi connectivity index (χ1) is 20.5. The number of unbranched alkanes of at least 4 members (excludes halogenated alkanes) is 1. The van der Waals surface area contributed by atoms with Gasteiger partial charge >= 0.3 is 7.12 Å². The largest absolute Gasteiger partial charge is 0.488 e. The summed E-state index contributed by atoms with van der Waals surface area (Å²) < 4.78 is 2.47. The summed E-state index contributed by atoms with van der Waals surface area (Å²) in [6.45, 7) is 6.88. The molecule has 0 saturated heterocycles. The topological polar surface area (TPSA) is 48.6 Å². The van der Waals surface area contributed by atoms with Crippen LogP contribution < -0.4 is 5.46 Å². The Balaban J connectivity index is 1.32. The van der Waals surface area contributed by atoms with Crippen LogP contribution in [0.1, 0.15) is 48.7 Å². The maximum absolute atomic E-state index is 10.0. The first-order valence-electron chi connectivity index (χ1n) is 14.9. The fourth-order valence-corrected chi connectivity index (χ4v) is 7.03. The number of hydrogen-bond acceptors (Lipinski definition) is 4. The minimum absolute atomic E-state index is 0.145. The lowest BCUT2D eigenvalue weighted by molar-refractivity contribution is 0.194. The summed E-state index contributed by atoms with van der Waals surface area (Å²) >= 11 is 1.84. The van der Waals surface area contributed by atoms with Gasteiger partial charge in [-0.15, -0.1) is 11.3 Å². The lowest BCUT2D eigenvalue weighted by atomic mass is 9.77. The van der Waals surface area contributed by atoms with Crippen molar-refractivity contribution >= 4 is 45.7 Å². The van der Waals surface area contributed by atoms with Crippen molar-refractivity contribution in [2.45, 2.75) is 52.4 Å². The molecule has 0 bridgehead atoms. The summed E-state index contributed by atoms with van der Waals surface area (Å²) in [5.41, 5.74) is 6.58. The Bertz CT molecular complexity index is 1790. The fourth-order valence-electron chi connectivity index (χ4n) is 6.00. The van der Waals surface area contributed by atoms with Gasteiger partial charge in [0.2, 0.25) is 0 Å². The van der Waals surface area contributed by atoms with E-state index in [0.717, 1.165) is 18.7 Å². The fraction of sp³-hybridized carbons (Fsp3) is 0.222. The molecule has 6 aromatic rings. The first kappa shape index (κ1) is 28.4. The second-order valence-corrected chi connectivity index (χ2v) is 12.3. The highest BCUT2D eigenvalue weighted by atomic mass is 32.1. The van der Waals surface area contributed by atoms with Gasteiger partial charge in [-0.3, -0.25) is 4.90 Å². The zero-order valence-electron chi connectivity index (χ0n) is 24.3. The highest BCUT2D eigenvalue weighted by Gasteiger charge is 2.22. The molecular weight excluding hydrogens is 535 g/mol. The summed E-state index contributed by atoms with van der Waals surface area (Å²) in [6, 6.07) is 38.4. The van der Waals surface area contributed by atoms with E-state index in [1.165, 1.54) is 55.5 Å². The standard InChI is InChI=1S/C36H37BN2O2S/c1-3-4-22-39-34-17-11-9-15-31(34)32-23-28(18-20-35(32)39)36-21-19-30(42-36)25-38(26(2)27-12-6-5-7-13-27)24-29-14-8-10-16-33(29)37(40)41/h5-21,23,26,40-41H,3-4,22,24-25H2,1-2H3/t26-/m1/s1. The van der Waals surface area contributed by atoms with E-state index in [-0.39, 0.29) is 6.04 Å². The number of aromatic nitrogens is 1. The number of benzene rings is 4. The van der Waals surface area contributed by atoms with Crippen molar-refractivity contribution in [2.75, 3.05) is 0 Å². The molecule has 0 saturated carbocycles. The molecule has 0 unspecified atom stereocenters. The van der Waals surface area contributed by atoms with Gasteiger partial charge in [-0.25, -0.2) is 0 Å². The van der Waals surface area contributed by atoms with Crippen LogP contribution in [-0.4, -0.2) is 26.6 Å². The summed E-state index contributed by atoms with van der Waals surface area (Å²) in [6.07, 6.45) is 2.35. The van der Waals surface area contributed by atoms with Gasteiger partial charge in [-0.05, 0) is 65.8 Å². The third-order valence-corrected chi connectivity index (χ3v) is 9.47. The van der Waals surface area contributed by atoms with Crippen molar-refractivity contribution in [1.29, 1.82) is 0 Å². The van der Waals surface area contributed by atoms with Gasteiger partial charge in [0.25, 0.3) is 0 Å². The van der Waals surface area contributed by atoms with Gasteiger partial charge in [-0.2, -0.15) is 0 Å². The SMILES string of the molecule is CCCCn1c2ccccc2c2cc(-c3ccc(CN(Cc4ccccc4B(O)O)[C@H](C)c4ccccc4)s3)ccc21. The molecule has 0 radical (unpaired) electrons. The van der Waals surface area contributed by atoms with Crippen LogP contribution in [0.2, 0.25) is 0 Å². The molecule has 6 rings (SSSR count). The highest BCUT2D eigenvalue weighted by Crippen LogP contribution is 2.36. The zero-order valence-corrected chi connectivity index (χ0v) is 25.1. The average molecular weight is 573 g/mol. The minimum Gasteiger partial charge on any atom is -0.423 e. The van der Waals surface area contributed by atoms with Crippen LogP contribution in [0.25, 0.3) is 32.2 Å². The van der Waals surface area contributed by atoms with Crippen molar-refractivity contribution in [3.63, 3.8) is 0 Å². The number of rotatable bonds is 11. The number of thiophene rings is 1. The predicted octanol–water partition coefficient (Wildman–Crippen LogP) is 7.77. The Hall–Kier alpha value is -3.68. The number of nitrogens with zero attached hydrogens (tertiary/aromatic N) is 2. The van der Waals surface area contributed by atoms with E-state index >= 15 is 0 Å². The van der Waals surface area contributed by atoms with Gasteiger partial charge in [0.1, 0.15) is 0 Å². The van der Waals surface area contributed by atoms with Gasteiger partial charge in [0.05, 0.1) is 0 Å². The van der Waals surface area contributed by atoms with E-state index in [4.69, 9.17) is 0 Å². The minimum atomic E-state index is -1.49. The average Bonchev–Trinajstić information content (AvgIpc) is 3.62. The van der Waals surface area contributed by atoms with E-state index in [0.29, 0.717) is 12.0 Å². The lowest BCUT2D eigenvalue weighted by Gasteiger charge is -2.30. The first-order valence-corrected chi connectivity index (χ1v) is 15.7. The van der Waals surface area contributed by atoms with Crippen molar-refractivity contribution < 1.29 is 10.0 Å². The third kappa shape index (κ3) is 5.81.